The average molecular weight is 357 g/mol. The van der Waals surface area contributed by atoms with Crippen LogP contribution in [-0.2, 0) is 5.41 Å². The van der Waals surface area contributed by atoms with Crippen molar-refractivity contribution < 1.29 is 0 Å². The average Bonchev–Trinajstić information content (AvgIpc) is 2.69. The van der Waals surface area contributed by atoms with Crippen LogP contribution in [0.3, 0.4) is 0 Å². The zero-order valence-electron chi connectivity index (χ0n) is 17.6. The van der Waals surface area contributed by atoms with Crippen LogP contribution in [0.25, 0.3) is 21.5 Å². The van der Waals surface area contributed by atoms with E-state index in [0.29, 0.717) is 0 Å². The van der Waals surface area contributed by atoms with Crippen LogP contribution in [0.1, 0.15) is 45.7 Å². The first-order valence-corrected chi connectivity index (χ1v) is 9.89. The third-order valence-electron chi connectivity index (χ3n) is 4.55. The van der Waals surface area contributed by atoms with Crippen molar-refractivity contribution >= 4 is 21.5 Å². The minimum absolute atomic E-state index is 0.208. The van der Waals surface area contributed by atoms with Gasteiger partial charge in [-0.25, -0.2) is 0 Å². The van der Waals surface area contributed by atoms with E-state index in [-0.39, 0.29) is 5.41 Å². The van der Waals surface area contributed by atoms with Gasteiger partial charge in [-0.1, -0.05) is 125 Å². The van der Waals surface area contributed by atoms with Crippen LogP contribution in [0, 0.1) is 6.92 Å². The van der Waals surface area contributed by atoms with Gasteiger partial charge < -0.3 is 0 Å². The lowest BCUT2D eigenvalue weighted by Crippen LogP contribution is -2.10. The summed E-state index contributed by atoms with van der Waals surface area (Å²) in [5.74, 6) is 0. The molecule has 27 heavy (non-hydrogen) atoms. The number of aryl methyl sites for hydroxylation is 1. The molecule has 140 valence electrons. The standard InChI is InChI=1S/C18H18.C7H8.C2H6/c1-18(2,3)15-10-11-17-14(12-15)9-8-13-6-4-5-7-16(13)17;1-7-5-3-2-4-6-7;1-2/h4-12H,1-3H3;2-6H,1H3;1-2H3. The van der Waals surface area contributed by atoms with E-state index in [9.17, 15) is 0 Å². The third kappa shape index (κ3) is 5.44. The van der Waals surface area contributed by atoms with Gasteiger partial charge in [0.2, 0.25) is 0 Å². The molecule has 0 aromatic heterocycles. The molecule has 0 saturated carbocycles. The first-order chi connectivity index (χ1) is 12.9. The fourth-order valence-corrected chi connectivity index (χ4v) is 3.01. The summed E-state index contributed by atoms with van der Waals surface area (Å²) in [6.07, 6.45) is 0. The molecular formula is C27H32. The molecule has 0 bridgehead atoms. The van der Waals surface area contributed by atoms with E-state index >= 15 is 0 Å². The summed E-state index contributed by atoms with van der Waals surface area (Å²) < 4.78 is 0. The van der Waals surface area contributed by atoms with Crippen LogP contribution >= 0.6 is 0 Å². The lowest BCUT2D eigenvalue weighted by molar-refractivity contribution is 0.591. The zero-order valence-corrected chi connectivity index (χ0v) is 17.6. The van der Waals surface area contributed by atoms with E-state index in [2.05, 4.69) is 94.4 Å². The molecule has 0 amide bonds. The Morgan fingerprint density at radius 3 is 1.70 bits per heavy atom. The molecule has 0 heteroatoms. The molecule has 4 rings (SSSR count). The summed E-state index contributed by atoms with van der Waals surface area (Å²) in [6, 6.07) is 30.1. The Morgan fingerprint density at radius 1 is 0.556 bits per heavy atom. The lowest BCUT2D eigenvalue weighted by atomic mass is 9.85. The van der Waals surface area contributed by atoms with E-state index < -0.39 is 0 Å². The van der Waals surface area contributed by atoms with Crippen LogP contribution in [0.15, 0.2) is 84.9 Å². The molecular weight excluding hydrogens is 324 g/mol. The van der Waals surface area contributed by atoms with Crippen LogP contribution in [-0.4, -0.2) is 0 Å². The van der Waals surface area contributed by atoms with Gasteiger partial charge in [0.25, 0.3) is 0 Å². The van der Waals surface area contributed by atoms with Gasteiger partial charge in [-0.2, -0.15) is 0 Å². The van der Waals surface area contributed by atoms with Crippen LogP contribution in [0.4, 0.5) is 0 Å². The molecule has 0 spiro atoms. The van der Waals surface area contributed by atoms with E-state index in [0.717, 1.165) is 0 Å². The quantitative estimate of drug-likeness (QED) is 0.278. The van der Waals surface area contributed by atoms with Crippen LogP contribution < -0.4 is 0 Å². The smallest absolute Gasteiger partial charge is 0.0105 e. The summed E-state index contributed by atoms with van der Waals surface area (Å²) in [5, 5.41) is 5.34. The van der Waals surface area contributed by atoms with Gasteiger partial charge in [-0.05, 0) is 39.4 Å². The van der Waals surface area contributed by atoms with E-state index in [1.165, 1.54) is 32.7 Å². The second-order valence-electron chi connectivity index (χ2n) is 7.63. The largest absolute Gasteiger partial charge is 0.0683 e. The van der Waals surface area contributed by atoms with Crippen molar-refractivity contribution in [1.29, 1.82) is 0 Å². The van der Waals surface area contributed by atoms with Gasteiger partial charge in [0, 0.05) is 0 Å². The number of rotatable bonds is 0. The van der Waals surface area contributed by atoms with Gasteiger partial charge in [0.15, 0.2) is 0 Å². The molecule has 0 fully saturated rings. The van der Waals surface area contributed by atoms with Gasteiger partial charge in [0.1, 0.15) is 0 Å². The first kappa shape index (κ1) is 20.7. The van der Waals surface area contributed by atoms with Crippen molar-refractivity contribution in [1.82, 2.24) is 0 Å². The summed E-state index contributed by atoms with van der Waals surface area (Å²) >= 11 is 0. The Labute approximate surface area is 164 Å². The number of hydrogen-bond donors (Lipinski definition) is 0. The topological polar surface area (TPSA) is 0 Å². The minimum Gasteiger partial charge on any atom is -0.0683 e. The summed E-state index contributed by atoms with van der Waals surface area (Å²) in [5.41, 5.74) is 2.92. The molecule has 0 aliphatic heterocycles. The molecule has 4 aromatic carbocycles. The fraction of sp³-hybridized carbons (Fsp3) is 0.259. The number of benzene rings is 4. The van der Waals surface area contributed by atoms with Gasteiger partial charge in [-0.3, -0.25) is 0 Å². The zero-order chi connectivity index (χ0) is 19.9. The Balaban J connectivity index is 0.000000244. The predicted octanol–water partition coefficient (Wildman–Crippen LogP) is 8.31. The van der Waals surface area contributed by atoms with E-state index in [1.54, 1.807) is 0 Å². The highest BCUT2D eigenvalue weighted by Crippen LogP contribution is 2.30. The van der Waals surface area contributed by atoms with Crippen molar-refractivity contribution in [3.8, 4) is 0 Å². The molecule has 0 atom stereocenters. The molecule has 0 radical (unpaired) electrons. The fourth-order valence-electron chi connectivity index (χ4n) is 3.01. The van der Waals surface area contributed by atoms with Gasteiger partial charge in [-0.15, -0.1) is 0 Å². The van der Waals surface area contributed by atoms with Crippen LogP contribution in [0.5, 0.6) is 0 Å². The highest BCUT2D eigenvalue weighted by molar-refractivity contribution is 6.07. The monoisotopic (exact) mass is 356 g/mol. The first-order valence-electron chi connectivity index (χ1n) is 9.89. The molecule has 0 nitrogen and oxygen atoms in total. The predicted molar refractivity (Wildman–Crippen MR) is 123 cm³/mol. The van der Waals surface area contributed by atoms with Crippen molar-refractivity contribution in [2.45, 2.75) is 47.0 Å². The normalized spacial score (nSPS) is 10.6. The minimum atomic E-state index is 0.208. The molecule has 0 heterocycles. The summed E-state index contributed by atoms with van der Waals surface area (Å²) in [7, 11) is 0. The molecule has 4 aromatic rings. The Morgan fingerprint density at radius 2 is 1.11 bits per heavy atom. The molecule has 0 aliphatic carbocycles. The Kier molecular flexibility index (Phi) is 7.19. The third-order valence-corrected chi connectivity index (χ3v) is 4.55. The highest BCUT2D eigenvalue weighted by Gasteiger charge is 2.13. The van der Waals surface area contributed by atoms with Crippen molar-refractivity contribution in [2.75, 3.05) is 0 Å². The Hall–Kier alpha value is -2.60. The van der Waals surface area contributed by atoms with Crippen molar-refractivity contribution in [2.24, 2.45) is 0 Å². The van der Waals surface area contributed by atoms with Gasteiger partial charge >= 0.3 is 0 Å². The SMILES string of the molecule is CC.CC(C)(C)c1ccc2c(ccc3ccccc32)c1.Cc1ccccc1. The second kappa shape index (κ2) is 9.37. The van der Waals surface area contributed by atoms with Crippen molar-refractivity contribution in [3.05, 3.63) is 96.1 Å². The molecule has 0 unspecified atom stereocenters. The summed E-state index contributed by atoms with van der Waals surface area (Å²) in [6.45, 7) is 12.9. The molecule has 0 N–H and O–H groups in total. The second-order valence-corrected chi connectivity index (χ2v) is 7.63. The maximum atomic E-state index is 2.32. The van der Waals surface area contributed by atoms with E-state index in [1.807, 2.05) is 32.0 Å². The van der Waals surface area contributed by atoms with Crippen LogP contribution in [0.2, 0.25) is 0 Å². The number of hydrogen-bond acceptors (Lipinski definition) is 0. The molecule has 0 aliphatic rings. The van der Waals surface area contributed by atoms with Gasteiger partial charge in [0.05, 0.1) is 0 Å². The van der Waals surface area contributed by atoms with E-state index in [4.69, 9.17) is 0 Å². The lowest BCUT2D eigenvalue weighted by Gasteiger charge is -2.19. The summed E-state index contributed by atoms with van der Waals surface area (Å²) in [4.78, 5) is 0. The maximum Gasteiger partial charge on any atom is -0.0105 e. The highest BCUT2D eigenvalue weighted by atomic mass is 14.2. The van der Waals surface area contributed by atoms with Crippen molar-refractivity contribution in [3.63, 3.8) is 0 Å². The number of fused-ring (bicyclic) bond motifs is 3. The maximum absolute atomic E-state index is 2.32. The molecule has 0 saturated heterocycles. The Bertz CT molecular complexity index is 973.